The molecule has 142 valence electrons. The summed E-state index contributed by atoms with van der Waals surface area (Å²) in [6.45, 7) is 2.20. The molecule has 2 aliphatic rings. The van der Waals surface area contributed by atoms with Gasteiger partial charge >= 0.3 is 0 Å². The Bertz CT molecular complexity index is 829. The van der Waals surface area contributed by atoms with Gasteiger partial charge in [-0.1, -0.05) is 50.8 Å². The Morgan fingerprint density at radius 1 is 1.22 bits per heavy atom. The van der Waals surface area contributed by atoms with Crippen molar-refractivity contribution in [3.8, 4) is 5.75 Å². The first-order valence-electron chi connectivity index (χ1n) is 9.26. The Morgan fingerprint density at radius 2 is 2.00 bits per heavy atom. The maximum atomic E-state index is 12.5. The summed E-state index contributed by atoms with van der Waals surface area (Å²) in [5.74, 6) is 0.292. The molecule has 0 radical (unpaired) electrons. The molecule has 0 bridgehead atoms. The molecule has 2 aliphatic heterocycles. The average Bonchev–Trinajstić information content (AvgIpc) is 3.08. The zero-order valence-electron chi connectivity index (χ0n) is 15.7. The van der Waals surface area contributed by atoms with Crippen LogP contribution < -0.4 is 4.74 Å². The first kappa shape index (κ1) is 19.4. The number of rotatable bonds is 8. The normalized spacial score (nSPS) is 17.9. The molecular formula is C20H24N4O2S. The number of benzene rings is 1. The fourth-order valence-corrected chi connectivity index (χ4v) is 3.88. The van der Waals surface area contributed by atoms with Crippen molar-refractivity contribution in [2.75, 3.05) is 7.11 Å². The van der Waals surface area contributed by atoms with Crippen molar-refractivity contribution in [2.45, 2.75) is 45.4 Å². The van der Waals surface area contributed by atoms with Crippen molar-refractivity contribution in [3.63, 3.8) is 0 Å². The SMILES string of the molecule is CCCCCCCC1=NN2C(=N)/C(=C/c3ccccc3OC)C(=O)N=C2S1. The molecule has 7 heteroatoms. The number of nitrogens with zero attached hydrogens (tertiary/aromatic N) is 3. The molecule has 6 nitrogen and oxygen atoms in total. The molecule has 0 spiro atoms. The molecule has 0 saturated carbocycles. The number of carbonyl (C=O) groups excluding carboxylic acids is 1. The van der Waals surface area contributed by atoms with Crippen molar-refractivity contribution in [1.82, 2.24) is 5.01 Å². The van der Waals surface area contributed by atoms with E-state index in [0.29, 0.717) is 10.9 Å². The van der Waals surface area contributed by atoms with E-state index in [2.05, 4.69) is 17.0 Å². The van der Waals surface area contributed by atoms with E-state index in [1.54, 1.807) is 13.2 Å². The molecule has 0 saturated heterocycles. The fourth-order valence-electron chi connectivity index (χ4n) is 2.95. The van der Waals surface area contributed by atoms with Gasteiger partial charge in [0.25, 0.3) is 5.91 Å². The van der Waals surface area contributed by atoms with Crippen LogP contribution in [-0.2, 0) is 4.79 Å². The summed E-state index contributed by atoms with van der Waals surface area (Å²) >= 11 is 1.39. The molecule has 27 heavy (non-hydrogen) atoms. The molecule has 1 N–H and O–H groups in total. The van der Waals surface area contributed by atoms with Crippen molar-refractivity contribution in [2.24, 2.45) is 10.1 Å². The molecule has 1 amide bonds. The maximum Gasteiger partial charge on any atom is 0.283 e. The number of hydrogen-bond acceptors (Lipinski definition) is 5. The third-order valence-corrected chi connectivity index (χ3v) is 5.40. The highest BCUT2D eigenvalue weighted by Crippen LogP contribution is 2.31. The number of unbranched alkanes of at least 4 members (excludes halogenated alkanes) is 4. The van der Waals surface area contributed by atoms with Gasteiger partial charge in [0.1, 0.15) is 10.8 Å². The highest BCUT2D eigenvalue weighted by atomic mass is 32.2. The third kappa shape index (κ3) is 4.47. The number of hydrogen-bond donors (Lipinski definition) is 1. The number of aliphatic imine (C=N–C) groups is 1. The number of nitrogens with one attached hydrogen (secondary N) is 1. The molecule has 2 heterocycles. The standard InChI is InChI=1S/C20H24N4O2S/c1-3-4-5-6-7-12-17-23-24-18(21)15(19(25)22-20(24)27-17)13-14-10-8-9-11-16(14)26-2/h8-11,13,21H,3-7,12H2,1-2H3/b15-13-,21-18?. The number of carbonyl (C=O) groups is 1. The summed E-state index contributed by atoms with van der Waals surface area (Å²) < 4.78 is 5.33. The maximum absolute atomic E-state index is 12.5. The van der Waals surface area contributed by atoms with Gasteiger partial charge in [-0.05, 0) is 36.7 Å². The Balaban J connectivity index is 1.74. The van der Waals surface area contributed by atoms with E-state index in [9.17, 15) is 4.79 Å². The number of fused-ring (bicyclic) bond motifs is 1. The third-order valence-electron chi connectivity index (χ3n) is 4.43. The number of hydrazone groups is 1. The lowest BCUT2D eigenvalue weighted by Gasteiger charge is -2.20. The van der Waals surface area contributed by atoms with E-state index in [0.717, 1.165) is 23.4 Å². The summed E-state index contributed by atoms with van der Waals surface area (Å²) in [5, 5.41) is 15.8. The van der Waals surface area contributed by atoms with Crippen LogP contribution in [0.25, 0.3) is 6.08 Å². The van der Waals surface area contributed by atoms with Gasteiger partial charge in [0, 0.05) is 5.56 Å². The van der Waals surface area contributed by atoms with Gasteiger partial charge in [0.05, 0.1) is 12.7 Å². The molecule has 3 rings (SSSR count). The van der Waals surface area contributed by atoms with E-state index in [1.807, 2.05) is 24.3 Å². The van der Waals surface area contributed by atoms with E-state index < -0.39 is 5.91 Å². The summed E-state index contributed by atoms with van der Waals surface area (Å²) in [7, 11) is 1.58. The molecule has 1 aromatic rings. The van der Waals surface area contributed by atoms with E-state index in [1.165, 1.54) is 42.5 Å². The fraction of sp³-hybridized carbons (Fsp3) is 0.400. The lowest BCUT2D eigenvalue weighted by molar-refractivity contribution is -0.114. The first-order valence-corrected chi connectivity index (χ1v) is 10.1. The molecule has 0 aliphatic carbocycles. The minimum Gasteiger partial charge on any atom is -0.496 e. The summed E-state index contributed by atoms with van der Waals surface area (Å²) in [6, 6.07) is 7.38. The van der Waals surface area contributed by atoms with Crippen LogP contribution in [0.5, 0.6) is 5.75 Å². The monoisotopic (exact) mass is 384 g/mol. The topological polar surface area (TPSA) is 78.1 Å². The predicted octanol–water partition coefficient (Wildman–Crippen LogP) is 4.67. The van der Waals surface area contributed by atoms with Gasteiger partial charge in [-0.3, -0.25) is 10.2 Å². The molecule has 0 unspecified atom stereocenters. The Hall–Kier alpha value is -2.41. The highest BCUT2D eigenvalue weighted by Gasteiger charge is 2.35. The second-order valence-corrected chi connectivity index (χ2v) is 7.46. The van der Waals surface area contributed by atoms with E-state index in [4.69, 9.17) is 10.1 Å². The lowest BCUT2D eigenvalue weighted by atomic mass is 10.1. The van der Waals surface area contributed by atoms with Crippen molar-refractivity contribution < 1.29 is 9.53 Å². The summed E-state index contributed by atoms with van der Waals surface area (Å²) in [4.78, 5) is 16.6. The summed E-state index contributed by atoms with van der Waals surface area (Å²) in [5.41, 5.74) is 0.954. The van der Waals surface area contributed by atoms with Crippen molar-refractivity contribution >= 4 is 39.8 Å². The van der Waals surface area contributed by atoms with Crippen LogP contribution in [0.15, 0.2) is 39.9 Å². The number of amidine groups is 2. The predicted molar refractivity (Wildman–Crippen MR) is 111 cm³/mol. The number of para-hydroxylation sites is 1. The second kappa shape index (κ2) is 8.99. The number of amides is 1. The van der Waals surface area contributed by atoms with Gasteiger partial charge in [-0.25, -0.2) is 0 Å². The molecule has 0 atom stereocenters. The van der Waals surface area contributed by atoms with Gasteiger partial charge in [-0.15, -0.1) is 0 Å². The highest BCUT2D eigenvalue weighted by molar-refractivity contribution is 8.26. The van der Waals surface area contributed by atoms with E-state index >= 15 is 0 Å². The van der Waals surface area contributed by atoms with Crippen LogP contribution >= 0.6 is 11.8 Å². The van der Waals surface area contributed by atoms with Crippen molar-refractivity contribution in [3.05, 3.63) is 35.4 Å². The zero-order chi connectivity index (χ0) is 19.2. The van der Waals surface area contributed by atoms with Crippen LogP contribution in [0, 0.1) is 5.41 Å². The minimum absolute atomic E-state index is 0.0596. The molecular weight excluding hydrogens is 360 g/mol. The van der Waals surface area contributed by atoms with Crippen LogP contribution in [0.4, 0.5) is 0 Å². The molecule has 0 fully saturated rings. The lowest BCUT2D eigenvalue weighted by Crippen LogP contribution is -2.35. The zero-order valence-corrected chi connectivity index (χ0v) is 16.5. The van der Waals surface area contributed by atoms with Crippen LogP contribution in [0.1, 0.15) is 51.0 Å². The molecule has 1 aromatic carbocycles. The minimum atomic E-state index is -0.413. The van der Waals surface area contributed by atoms with E-state index in [-0.39, 0.29) is 11.4 Å². The average molecular weight is 385 g/mol. The smallest absolute Gasteiger partial charge is 0.283 e. The van der Waals surface area contributed by atoms with Gasteiger partial charge in [0.15, 0.2) is 5.84 Å². The van der Waals surface area contributed by atoms with Crippen LogP contribution in [0.3, 0.4) is 0 Å². The first-order chi connectivity index (χ1) is 13.1. The quantitative estimate of drug-likeness (QED) is 0.522. The molecule has 0 aromatic heterocycles. The van der Waals surface area contributed by atoms with Gasteiger partial charge in [0.2, 0.25) is 5.17 Å². The Morgan fingerprint density at radius 3 is 2.78 bits per heavy atom. The number of methoxy groups -OCH3 is 1. The Kier molecular flexibility index (Phi) is 6.45. The van der Waals surface area contributed by atoms with Crippen LogP contribution in [-0.4, -0.2) is 34.1 Å². The second-order valence-electron chi connectivity index (χ2n) is 6.42. The number of thioether (sulfide) groups is 1. The largest absolute Gasteiger partial charge is 0.496 e. The summed E-state index contributed by atoms with van der Waals surface area (Å²) in [6.07, 6.45) is 8.46. The van der Waals surface area contributed by atoms with Crippen LogP contribution in [0.2, 0.25) is 0 Å². The van der Waals surface area contributed by atoms with Gasteiger partial charge < -0.3 is 4.74 Å². The Labute approximate surface area is 163 Å². The van der Waals surface area contributed by atoms with Crippen molar-refractivity contribution in [1.29, 1.82) is 5.41 Å². The number of ether oxygens (including phenoxy) is 1. The van der Waals surface area contributed by atoms with Gasteiger partial charge in [-0.2, -0.15) is 15.1 Å².